The molecule has 0 spiro atoms. The van der Waals surface area contributed by atoms with Crippen molar-refractivity contribution in [1.29, 1.82) is 0 Å². The summed E-state index contributed by atoms with van der Waals surface area (Å²) >= 11 is 0. The van der Waals surface area contributed by atoms with Crippen LogP contribution in [0.4, 0.5) is 5.69 Å². The van der Waals surface area contributed by atoms with Crippen LogP contribution in [0, 0.1) is 0 Å². The average Bonchev–Trinajstić information content (AvgIpc) is 2.55. The number of benzene rings is 1. The lowest BCUT2D eigenvalue weighted by molar-refractivity contribution is 0.398. The second kappa shape index (κ2) is 10.2. The van der Waals surface area contributed by atoms with Gasteiger partial charge >= 0.3 is 0 Å². The third kappa shape index (κ3) is 6.03. The Bertz CT molecular complexity index is 511. The summed E-state index contributed by atoms with van der Waals surface area (Å²) in [6, 6.07) is 10.1. The smallest absolute Gasteiger partial charge is 0.0590 e. The van der Waals surface area contributed by atoms with E-state index < -0.39 is 0 Å². The zero-order valence-electron chi connectivity index (χ0n) is 13.1. The van der Waals surface area contributed by atoms with E-state index in [0.717, 1.165) is 43.7 Å². The molecule has 0 saturated carbocycles. The van der Waals surface area contributed by atoms with Crippen molar-refractivity contribution in [3.8, 4) is 0 Å². The van der Waals surface area contributed by atoms with Crippen LogP contribution in [0.25, 0.3) is 0 Å². The Hall–Kier alpha value is -1.59. The highest BCUT2D eigenvalue weighted by molar-refractivity contribution is 8.93. The summed E-state index contributed by atoms with van der Waals surface area (Å²) in [4.78, 5) is 2.30. The van der Waals surface area contributed by atoms with E-state index in [2.05, 4.69) is 28.4 Å². The van der Waals surface area contributed by atoms with E-state index in [1.54, 1.807) is 0 Å². The molecule has 1 aliphatic heterocycles. The zero-order chi connectivity index (χ0) is 14.9. The van der Waals surface area contributed by atoms with Gasteiger partial charge in [-0.05, 0) is 49.4 Å². The van der Waals surface area contributed by atoms with Crippen molar-refractivity contribution in [3.63, 3.8) is 0 Å². The van der Waals surface area contributed by atoms with Crippen molar-refractivity contribution in [2.75, 3.05) is 31.7 Å². The number of unbranched alkanes of at least 4 members (excludes halogenated alkanes) is 1. The standard InChI is InChI=1S/C17H24N4.BrH/c1-20(17-7-3-2-4-8-17)19-15-16-9-13-21(14-10-16)12-6-5-11-18;/h2-4,7-10,13,15H,5-6,11-12,14,18H2,1H3;1H/b19-15+;. The van der Waals surface area contributed by atoms with Gasteiger partial charge < -0.3 is 10.6 Å². The number of nitrogens with zero attached hydrogens (tertiary/aromatic N) is 3. The number of rotatable bonds is 7. The summed E-state index contributed by atoms with van der Waals surface area (Å²) < 4.78 is 0. The molecule has 1 aromatic carbocycles. The second-order valence-electron chi connectivity index (χ2n) is 5.11. The SMILES string of the molecule is Br.CN(/N=C/C1=CCN(CCCCN)C=C1)c1ccccc1. The van der Waals surface area contributed by atoms with Crippen LogP contribution in [0.5, 0.6) is 0 Å². The molecule has 1 aromatic rings. The van der Waals surface area contributed by atoms with Crippen molar-refractivity contribution in [2.45, 2.75) is 12.8 Å². The highest BCUT2D eigenvalue weighted by Crippen LogP contribution is 2.12. The van der Waals surface area contributed by atoms with Gasteiger partial charge in [-0.15, -0.1) is 17.0 Å². The van der Waals surface area contributed by atoms with Crippen LogP contribution in [-0.2, 0) is 0 Å². The molecule has 1 aliphatic rings. The fourth-order valence-electron chi connectivity index (χ4n) is 2.13. The molecule has 0 atom stereocenters. The van der Waals surface area contributed by atoms with Crippen molar-refractivity contribution in [3.05, 3.63) is 54.3 Å². The van der Waals surface area contributed by atoms with Crippen LogP contribution in [0.1, 0.15) is 12.8 Å². The maximum atomic E-state index is 5.51. The number of hydrogen-bond acceptors (Lipinski definition) is 4. The largest absolute Gasteiger partial charge is 0.374 e. The van der Waals surface area contributed by atoms with E-state index in [0.29, 0.717) is 0 Å². The third-order valence-corrected chi connectivity index (χ3v) is 3.45. The number of hydrogen-bond donors (Lipinski definition) is 1. The predicted molar refractivity (Wildman–Crippen MR) is 101 cm³/mol. The number of anilines is 1. The Morgan fingerprint density at radius 3 is 2.68 bits per heavy atom. The molecule has 5 heteroatoms. The minimum atomic E-state index is 0. The van der Waals surface area contributed by atoms with Gasteiger partial charge in [-0.2, -0.15) is 5.10 Å². The molecule has 0 aromatic heterocycles. The third-order valence-electron chi connectivity index (χ3n) is 3.45. The molecule has 0 saturated heterocycles. The van der Waals surface area contributed by atoms with E-state index in [-0.39, 0.29) is 17.0 Å². The summed E-state index contributed by atoms with van der Waals surface area (Å²) in [6.07, 6.45) is 10.6. The summed E-state index contributed by atoms with van der Waals surface area (Å²) in [6.45, 7) is 2.78. The summed E-state index contributed by atoms with van der Waals surface area (Å²) in [5, 5.41) is 6.35. The fraction of sp³-hybridized carbons (Fsp3) is 0.353. The molecule has 22 heavy (non-hydrogen) atoms. The molecule has 2 rings (SSSR count). The van der Waals surface area contributed by atoms with E-state index in [1.165, 1.54) is 0 Å². The van der Waals surface area contributed by atoms with E-state index in [9.17, 15) is 0 Å². The minimum Gasteiger partial charge on any atom is -0.374 e. The molecule has 4 nitrogen and oxygen atoms in total. The maximum absolute atomic E-state index is 5.51. The van der Waals surface area contributed by atoms with Crippen molar-refractivity contribution >= 4 is 28.9 Å². The quantitative estimate of drug-likeness (QED) is 0.459. The molecule has 0 radical (unpaired) electrons. The average molecular weight is 365 g/mol. The Kier molecular flexibility index (Phi) is 8.55. The Morgan fingerprint density at radius 2 is 2.05 bits per heavy atom. The van der Waals surface area contributed by atoms with Gasteiger partial charge in [-0.25, -0.2) is 0 Å². The number of allylic oxidation sites excluding steroid dienone is 2. The van der Waals surface area contributed by atoms with E-state index in [1.807, 2.05) is 48.6 Å². The van der Waals surface area contributed by atoms with Gasteiger partial charge in [0.05, 0.1) is 11.9 Å². The molecule has 0 fully saturated rings. The van der Waals surface area contributed by atoms with Crippen LogP contribution in [-0.4, -0.2) is 37.8 Å². The number of hydrazone groups is 1. The first-order chi connectivity index (χ1) is 10.3. The monoisotopic (exact) mass is 364 g/mol. The van der Waals surface area contributed by atoms with Gasteiger partial charge in [0.25, 0.3) is 0 Å². The Morgan fingerprint density at radius 1 is 1.27 bits per heavy atom. The first-order valence-corrected chi connectivity index (χ1v) is 7.45. The van der Waals surface area contributed by atoms with E-state index in [4.69, 9.17) is 5.73 Å². The van der Waals surface area contributed by atoms with Crippen molar-refractivity contribution in [2.24, 2.45) is 10.8 Å². The molecule has 0 bridgehead atoms. The number of halogens is 1. The maximum Gasteiger partial charge on any atom is 0.0590 e. The Balaban J connectivity index is 0.00000242. The predicted octanol–water partition coefficient (Wildman–Crippen LogP) is 3.18. The van der Waals surface area contributed by atoms with Crippen LogP contribution < -0.4 is 10.7 Å². The van der Waals surface area contributed by atoms with Gasteiger partial charge in [-0.3, -0.25) is 5.01 Å². The molecule has 0 unspecified atom stereocenters. The highest BCUT2D eigenvalue weighted by atomic mass is 79.9. The van der Waals surface area contributed by atoms with Crippen molar-refractivity contribution < 1.29 is 0 Å². The molecule has 0 aliphatic carbocycles. The fourth-order valence-corrected chi connectivity index (χ4v) is 2.13. The summed E-state index contributed by atoms with van der Waals surface area (Å²) in [7, 11) is 1.96. The Labute approximate surface area is 143 Å². The number of nitrogens with two attached hydrogens (primary N) is 1. The molecule has 0 amide bonds. The molecular weight excluding hydrogens is 340 g/mol. The summed E-state index contributed by atoms with van der Waals surface area (Å²) in [5.41, 5.74) is 7.74. The molecule has 1 heterocycles. The van der Waals surface area contributed by atoms with Gasteiger partial charge in [0.1, 0.15) is 0 Å². The van der Waals surface area contributed by atoms with Gasteiger partial charge in [0.15, 0.2) is 0 Å². The zero-order valence-corrected chi connectivity index (χ0v) is 14.8. The second-order valence-corrected chi connectivity index (χ2v) is 5.11. The first kappa shape index (κ1) is 18.5. The molecular formula is C17H25BrN4. The topological polar surface area (TPSA) is 44.9 Å². The lowest BCUT2D eigenvalue weighted by atomic mass is 10.2. The van der Waals surface area contributed by atoms with Crippen molar-refractivity contribution in [1.82, 2.24) is 4.90 Å². The minimum absolute atomic E-state index is 0. The van der Waals surface area contributed by atoms with Gasteiger partial charge in [0.2, 0.25) is 0 Å². The van der Waals surface area contributed by atoms with Crippen LogP contribution >= 0.6 is 17.0 Å². The first-order valence-electron chi connectivity index (χ1n) is 7.45. The van der Waals surface area contributed by atoms with Gasteiger partial charge in [0, 0.05) is 20.1 Å². The lowest BCUT2D eigenvalue weighted by Gasteiger charge is -2.21. The molecule has 2 N–H and O–H groups in total. The lowest BCUT2D eigenvalue weighted by Crippen LogP contribution is -2.22. The van der Waals surface area contributed by atoms with Crippen LogP contribution in [0.15, 0.2) is 59.4 Å². The molecule has 120 valence electrons. The van der Waals surface area contributed by atoms with Gasteiger partial charge in [-0.1, -0.05) is 24.3 Å². The number of para-hydroxylation sites is 1. The van der Waals surface area contributed by atoms with Crippen LogP contribution in [0.3, 0.4) is 0 Å². The van der Waals surface area contributed by atoms with Crippen LogP contribution in [0.2, 0.25) is 0 Å². The van der Waals surface area contributed by atoms with E-state index >= 15 is 0 Å². The highest BCUT2D eigenvalue weighted by Gasteiger charge is 2.03. The summed E-state index contributed by atoms with van der Waals surface area (Å²) in [5.74, 6) is 0. The normalized spacial score (nSPS) is 13.9.